The number of anilines is 1. The lowest BCUT2D eigenvalue weighted by molar-refractivity contribution is 0.372. The van der Waals surface area contributed by atoms with Gasteiger partial charge in [-0.25, -0.2) is 16.8 Å². The van der Waals surface area contributed by atoms with Crippen LogP contribution in [0.4, 0.5) is 5.69 Å². The normalized spacial score (nSPS) is 17.3. The van der Waals surface area contributed by atoms with Crippen molar-refractivity contribution in [3.05, 3.63) is 65.2 Å². The van der Waals surface area contributed by atoms with Crippen molar-refractivity contribution in [2.75, 3.05) is 16.2 Å². The van der Waals surface area contributed by atoms with Crippen molar-refractivity contribution in [2.24, 2.45) is 5.10 Å². The van der Waals surface area contributed by atoms with Crippen LogP contribution in [0, 0.1) is 6.92 Å². The molecule has 29 heavy (non-hydrogen) atoms. The van der Waals surface area contributed by atoms with Gasteiger partial charge in [0.1, 0.15) is 0 Å². The van der Waals surface area contributed by atoms with Crippen molar-refractivity contribution in [1.82, 2.24) is 4.41 Å². The van der Waals surface area contributed by atoms with E-state index in [2.05, 4.69) is 9.82 Å². The zero-order valence-electron chi connectivity index (χ0n) is 16.7. The quantitative estimate of drug-likeness (QED) is 0.722. The summed E-state index contributed by atoms with van der Waals surface area (Å²) in [6.45, 7) is 5.11. The predicted octanol–water partition coefficient (Wildman–Crippen LogP) is 3.26. The molecule has 0 aromatic heterocycles. The summed E-state index contributed by atoms with van der Waals surface area (Å²) in [5.74, 6) is -0.133. The summed E-state index contributed by atoms with van der Waals surface area (Å²) in [5.41, 5.74) is 3.43. The Balaban J connectivity index is 2.05. The molecule has 156 valence electrons. The Labute approximate surface area is 172 Å². The van der Waals surface area contributed by atoms with E-state index < -0.39 is 26.1 Å². The smallest absolute Gasteiger partial charge is 0.250 e. The van der Waals surface area contributed by atoms with Crippen LogP contribution in [0.15, 0.2) is 53.6 Å². The van der Waals surface area contributed by atoms with Crippen LogP contribution in [-0.2, 0) is 20.0 Å². The summed E-state index contributed by atoms with van der Waals surface area (Å²) in [7, 11) is -7.07. The molecule has 0 fully saturated rings. The number of para-hydroxylation sites is 1. The lowest BCUT2D eigenvalue weighted by Gasteiger charge is -2.22. The third kappa shape index (κ3) is 4.62. The number of aryl methyl sites for hydroxylation is 1. The van der Waals surface area contributed by atoms with E-state index >= 15 is 0 Å². The molecule has 0 saturated heterocycles. The number of rotatable bonds is 7. The summed E-state index contributed by atoms with van der Waals surface area (Å²) < 4.78 is 53.3. The molecule has 0 saturated carbocycles. The molecule has 1 atom stereocenters. The van der Waals surface area contributed by atoms with Crippen LogP contribution in [0.1, 0.15) is 43.0 Å². The third-order valence-electron chi connectivity index (χ3n) is 4.87. The van der Waals surface area contributed by atoms with Crippen molar-refractivity contribution >= 4 is 31.4 Å². The molecule has 0 radical (unpaired) electrons. The molecule has 0 amide bonds. The van der Waals surface area contributed by atoms with Gasteiger partial charge < -0.3 is 0 Å². The molecule has 1 N–H and O–H groups in total. The summed E-state index contributed by atoms with van der Waals surface area (Å²) in [6.07, 6.45) is 0.354. The van der Waals surface area contributed by atoms with E-state index in [1.807, 2.05) is 31.2 Å². The minimum absolute atomic E-state index is 0.0594. The van der Waals surface area contributed by atoms with Crippen LogP contribution in [0.2, 0.25) is 0 Å². The van der Waals surface area contributed by atoms with E-state index in [1.54, 1.807) is 38.1 Å². The molecule has 0 unspecified atom stereocenters. The SMILES string of the molecule is CCS(=O)(=O)Nc1ccccc1C1=NN(S(=O)(=O)CC)[C@H](c2ccc(C)cc2)C1. The average molecular weight is 436 g/mol. The van der Waals surface area contributed by atoms with Gasteiger partial charge in [-0.2, -0.15) is 9.52 Å². The van der Waals surface area contributed by atoms with E-state index in [0.29, 0.717) is 23.4 Å². The predicted molar refractivity (Wildman–Crippen MR) is 116 cm³/mol. The monoisotopic (exact) mass is 435 g/mol. The highest BCUT2D eigenvalue weighted by Crippen LogP contribution is 2.36. The Morgan fingerprint density at radius 1 is 1.00 bits per heavy atom. The molecule has 0 bridgehead atoms. The van der Waals surface area contributed by atoms with Crippen LogP contribution in [0.25, 0.3) is 0 Å². The lowest BCUT2D eigenvalue weighted by atomic mass is 9.98. The van der Waals surface area contributed by atoms with Crippen LogP contribution in [-0.4, -0.2) is 38.5 Å². The largest absolute Gasteiger partial charge is 0.283 e. The van der Waals surface area contributed by atoms with Gasteiger partial charge in [-0.3, -0.25) is 4.72 Å². The van der Waals surface area contributed by atoms with Crippen LogP contribution in [0.5, 0.6) is 0 Å². The molecule has 0 aliphatic carbocycles. The zero-order valence-corrected chi connectivity index (χ0v) is 18.3. The lowest BCUT2D eigenvalue weighted by Crippen LogP contribution is -2.28. The Bertz CT molecular complexity index is 1120. The van der Waals surface area contributed by atoms with Gasteiger partial charge in [0, 0.05) is 12.0 Å². The number of benzene rings is 2. The second-order valence-corrected chi connectivity index (χ2v) is 11.0. The highest BCUT2D eigenvalue weighted by molar-refractivity contribution is 7.92. The van der Waals surface area contributed by atoms with Crippen LogP contribution < -0.4 is 4.72 Å². The zero-order chi connectivity index (χ0) is 21.2. The van der Waals surface area contributed by atoms with E-state index in [1.165, 1.54) is 0 Å². The molecule has 2 aromatic carbocycles. The van der Waals surface area contributed by atoms with Gasteiger partial charge in [0.25, 0.3) is 0 Å². The first-order valence-electron chi connectivity index (χ1n) is 9.43. The second-order valence-electron chi connectivity index (χ2n) is 6.90. The van der Waals surface area contributed by atoms with E-state index in [-0.39, 0.29) is 11.5 Å². The summed E-state index contributed by atoms with van der Waals surface area (Å²) in [5, 5.41) is 4.42. The average Bonchev–Trinajstić information content (AvgIpc) is 3.15. The van der Waals surface area contributed by atoms with Crippen molar-refractivity contribution in [3.63, 3.8) is 0 Å². The van der Waals surface area contributed by atoms with Gasteiger partial charge in [-0.05, 0) is 32.4 Å². The minimum Gasteiger partial charge on any atom is -0.283 e. The molecule has 1 aliphatic heterocycles. The molecular formula is C20H25N3O4S2. The number of hydrazone groups is 1. The molecule has 1 heterocycles. The second kappa shape index (κ2) is 8.16. The topological polar surface area (TPSA) is 95.9 Å². The van der Waals surface area contributed by atoms with Crippen molar-refractivity contribution < 1.29 is 16.8 Å². The molecule has 2 aromatic rings. The van der Waals surface area contributed by atoms with Gasteiger partial charge in [-0.1, -0.05) is 48.0 Å². The fraction of sp³-hybridized carbons (Fsp3) is 0.350. The number of sulfonamides is 2. The van der Waals surface area contributed by atoms with Crippen molar-refractivity contribution in [2.45, 2.75) is 33.2 Å². The minimum atomic E-state index is -3.59. The molecular weight excluding hydrogens is 410 g/mol. The number of nitrogens with one attached hydrogen (secondary N) is 1. The number of hydrogen-bond donors (Lipinski definition) is 1. The van der Waals surface area contributed by atoms with Crippen LogP contribution >= 0.6 is 0 Å². The molecule has 0 spiro atoms. The number of nitrogens with zero attached hydrogens (tertiary/aromatic N) is 2. The van der Waals surface area contributed by atoms with E-state index in [9.17, 15) is 16.8 Å². The van der Waals surface area contributed by atoms with Crippen LogP contribution in [0.3, 0.4) is 0 Å². The highest BCUT2D eigenvalue weighted by atomic mass is 32.2. The van der Waals surface area contributed by atoms with Gasteiger partial charge in [0.15, 0.2) is 0 Å². The summed E-state index contributed by atoms with van der Waals surface area (Å²) >= 11 is 0. The molecule has 7 nitrogen and oxygen atoms in total. The Hall–Kier alpha value is -2.39. The maximum absolute atomic E-state index is 12.7. The highest BCUT2D eigenvalue weighted by Gasteiger charge is 2.36. The van der Waals surface area contributed by atoms with Gasteiger partial charge in [0.2, 0.25) is 20.0 Å². The first kappa shape index (κ1) is 21.3. The molecule has 9 heteroatoms. The van der Waals surface area contributed by atoms with Gasteiger partial charge >= 0.3 is 0 Å². The standard InChI is InChI=1S/C20H25N3O4S2/c1-4-28(24,25)22-18-9-7-6-8-17(18)19-14-20(16-12-10-15(3)11-13-16)23(21-19)29(26,27)5-2/h6-13,20,22H,4-5,14H2,1-3H3/t20-/m0/s1. The first-order valence-corrected chi connectivity index (χ1v) is 12.7. The Kier molecular flexibility index (Phi) is 6.00. The van der Waals surface area contributed by atoms with E-state index in [0.717, 1.165) is 15.5 Å². The van der Waals surface area contributed by atoms with E-state index in [4.69, 9.17) is 0 Å². The van der Waals surface area contributed by atoms with Crippen molar-refractivity contribution in [1.29, 1.82) is 0 Å². The van der Waals surface area contributed by atoms with Crippen molar-refractivity contribution in [3.8, 4) is 0 Å². The first-order chi connectivity index (χ1) is 13.7. The maximum Gasteiger partial charge on any atom is 0.250 e. The molecule has 3 rings (SSSR count). The summed E-state index contributed by atoms with van der Waals surface area (Å²) in [4.78, 5) is 0. The summed E-state index contributed by atoms with van der Waals surface area (Å²) in [6, 6.07) is 14.1. The molecule has 1 aliphatic rings. The Morgan fingerprint density at radius 3 is 2.28 bits per heavy atom. The third-order valence-corrected chi connectivity index (χ3v) is 7.79. The fourth-order valence-electron chi connectivity index (χ4n) is 3.14. The van der Waals surface area contributed by atoms with Gasteiger partial charge in [0.05, 0.1) is 28.9 Å². The maximum atomic E-state index is 12.7. The Morgan fingerprint density at radius 2 is 1.66 bits per heavy atom. The fourth-order valence-corrected chi connectivity index (χ4v) is 4.87. The number of hydrogen-bond acceptors (Lipinski definition) is 5. The van der Waals surface area contributed by atoms with Gasteiger partial charge in [-0.15, -0.1) is 0 Å².